The lowest BCUT2D eigenvalue weighted by molar-refractivity contribution is 0.601. The van der Waals surface area contributed by atoms with Gasteiger partial charge in [-0.1, -0.05) is 18.1 Å². The van der Waals surface area contributed by atoms with Gasteiger partial charge in [0.1, 0.15) is 11.5 Å². The summed E-state index contributed by atoms with van der Waals surface area (Å²) in [6, 6.07) is 18.0. The normalized spacial score (nSPS) is 9.86. The van der Waals surface area contributed by atoms with E-state index in [1.165, 1.54) is 12.1 Å². The number of nitrogen functional groups attached to an aromatic ring is 2. The number of benzene rings is 2. The average molecular weight is 437 g/mol. The van der Waals surface area contributed by atoms with Crippen molar-refractivity contribution in [1.82, 2.24) is 4.98 Å². The van der Waals surface area contributed by atoms with Crippen LogP contribution in [0.5, 0.6) is 0 Å². The van der Waals surface area contributed by atoms with Gasteiger partial charge in [-0.25, -0.2) is 13.4 Å². The highest BCUT2D eigenvalue weighted by molar-refractivity contribution is 7.92. The molecule has 0 spiro atoms. The van der Waals surface area contributed by atoms with Gasteiger partial charge < -0.3 is 11.5 Å². The van der Waals surface area contributed by atoms with Crippen LogP contribution in [0.3, 0.4) is 0 Å². The molecule has 0 bridgehead atoms. The summed E-state index contributed by atoms with van der Waals surface area (Å²) in [5, 5.41) is 0. The quantitative estimate of drug-likeness (QED) is 0.430. The maximum atomic E-state index is 12.4. The molecule has 0 saturated carbocycles. The largest absolute Gasteiger partial charge is 0.399 e. The highest BCUT2D eigenvalue weighted by Gasteiger charge is 2.13. The third-order valence-corrected chi connectivity index (χ3v) is 4.81. The van der Waals surface area contributed by atoms with E-state index in [2.05, 4.69) is 21.5 Å². The molecule has 146 valence electrons. The number of nitrogens with two attached hydrogens (primary N) is 2. The Morgan fingerprint density at radius 3 is 2.18 bits per heavy atom. The van der Waals surface area contributed by atoms with Crippen molar-refractivity contribution in [2.45, 2.75) is 4.90 Å². The molecule has 3 aromatic rings. The molecule has 6 nitrogen and oxygen atoms in total. The van der Waals surface area contributed by atoms with Gasteiger partial charge in [0.05, 0.1) is 10.6 Å². The minimum atomic E-state index is -3.70. The van der Waals surface area contributed by atoms with Crippen LogP contribution in [0.2, 0.25) is 0 Å². The Hall–Kier alpha value is -2.92. The van der Waals surface area contributed by atoms with E-state index < -0.39 is 10.0 Å². The molecule has 0 unspecified atom stereocenters. The Kier molecular flexibility index (Phi) is 8.14. The minimum Gasteiger partial charge on any atom is -0.399 e. The van der Waals surface area contributed by atoms with Crippen molar-refractivity contribution >= 4 is 52.0 Å². The van der Waals surface area contributed by atoms with E-state index in [1.807, 2.05) is 0 Å². The van der Waals surface area contributed by atoms with E-state index in [1.54, 1.807) is 54.6 Å². The lowest BCUT2D eigenvalue weighted by atomic mass is 10.2. The fraction of sp³-hybridized carbons (Fsp3) is 0. The van der Waals surface area contributed by atoms with Gasteiger partial charge in [0.25, 0.3) is 10.0 Å². The second-order valence-corrected chi connectivity index (χ2v) is 7.14. The van der Waals surface area contributed by atoms with E-state index in [9.17, 15) is 8.42 Å². The van der Waals surface area contributed by atoms with Gasteiger partial charge in [-0.05, 0) is 60.5 Å². The first-order valence-corrected chi connectivity index (χ1v) is 9.14. The Labute approximate surface area is 176 Å². The van der Waals surface area contributed by atoms with Gasteiger partial charge in [0.2, 0.25) is 0 Å². The summed E-state index contributed by atoms with van der Waals surface area (Å²) < 4.78 is 27.3. The number of nitrogens with zero attached hydrogens (tertiary/aromatic N) is 1. The smallest absolute Gasteiger partial charge is 0.261 e. The topological polar surface area (TPSA) is 111 Å². The predicted molar refractivity (Wildman–Crippen MR) is 117 cm³/mol. The highest BCUT2D eigenvalue weighted by atomic mass is 35.5. The highest BCUT2D eigenvalue weighted by Crippen LogP contribution is 2.18. The molecule has 0 aliphatic heterocycles. The third-order valence-electron chi connectivity index (χ3n) is 3.41. The Morgan fingerprint density at radius 2 is 1.54 bits per heavy atom. The number of rotatable bonds is 3. The van der Waals surface area contributed by atoms with Crippen LogP contribution < -0.4 is 16.2 Å². The van der Waals surface area contributed by atoms with E-state index in [4.69, 9.17) is 11.5 Å². The molecule has 2 aromatic carbocycles. The molecule has 0 saturated heterocycles. The summed E-state index contributed by atoms with van der Waals surface area (Å²) in [5.74, 6) is 6.20. The van der Waals surface area contributed by atoms with Crippen LogP contribution in [0.25, 0.3) is 0 Å². The van der Waals surface area contributed by atoms with Gasteiger partial charge in [-0.3, -0.25) is 4.72 Å². The molecule has 3 rings (SSSR count). The standard InChI is InChI=1S/C19H16N4O2S.2ClH/c20-15-3-1-5-17(13-15)23-26(24,25)18-11-8-14(9-12-18)7-10-16-4-2-6-19(21)22-16;;/h1-6,8-9,11-13,23H,20H2,(H2,21,22);2*1H. The Balaban J connectivity index is 0.00000196. The van der Waals surface area contributed by atoms with Crippen molar-refractivity contribution in [3.63, 3.8) is 0 Å². The molecule has 0 fully saturated rings. The first-order chi connectivity index (χ1) is 12.4. The summed E-state index contributed by atoms with van der Waals surface area (Å²) >= 11 is 0. The van der Waals surface area contributed by atoms with E-state index in [0.29, 0.717) is 28.5 Å². The number of halogens is 2. The number of aromatic nitrogens is 1. The monoisotopic (exact) mass is 436 g/mol. The second-order valence-electron chi connectivity index (χ2n) is 5.45. The molecule has 1 aromatic heterocycles. The molecule has 28 heavy (non-hydrogen) atoms. The van der Waals surface area contributed by atoms with Crippen molar-refractivity contribution in [3.8, 4) is 11.8 Å². The molecule has 0 radical (unpaired) electrons. The zero-order valence-corrected chi connectivity index (χ0v) is 16.9. The second kappa shape index (κ2) is 9.85. The van der Waals surface area contributed by atoms with Crippen molar-refractivity contribution in [3.05, 3.63) is 78.0 Å². The van der Waals surface area contributed by atoms with Crippen molar-refractivity contribution in [1.29, 1.82) is 0 Å². The molecule has 0 atom stereocenters. The molecule has 0 amide bonds. The minimum absolute atomic E-state index is 0. The first-order valence-electron chi connectivity index (χ1n) is 7.65. The molecular weight excluding hydrogens is 419 g/mol. The number of hydrogen-bond donors (Lipinski definition) is 3. The van der Waals surface area contributed by atoms with Crippen LogP contribution in [-0.4, -0.2) is 13.4 Å². The molecule has 0 aliphatic carbocycles. The predicted octanol–water partition coefficient (Wildman–Crippen LogP) is 3.29. The lowest BCUT2D eigenvalue weighted by Crippen LogP contribution is -2.13. The van der Waals surface area contributed by atoms with Crippen LogP contribution in [0.4, 0.5) is 17.2 Å². The van der Waals surface area contributed by atoms with Crippen LogP contribution in [-0.2, 0) is 10.0 Å². The molecular formula is C19H18Cl2N4O2S. The number of sulfonamides is 1. The van der Waals surface area contributed by atoms with Crippen molar-refractivity contribution < 1.29 is 8.42 Å². The molecule has 1 heterocycles. The van der Waals surface area contributed by atoms with Gasteiger partial charge in [-0.2, -0.15) is 0 Å². The van der Waals surface area contributed by atoms with Gasteiger partial charge in [0, 0.05) is 11.3 Å². The summed E-state index contributed by atoms with van der Waals surface area (Å²) in [6.45, 7) is 0. The van der Waals surface area contributed by atoms with Crippen LogP contribution in [0, 0.1) is 11.8 Å². The lowest BCUT2D eigenvalue weighted by Gasteiger charge is -2.08. The Bertz CT molecular complexity index is 1110. The Morgan fingerprint density at radius 1 is 0.857 bits per heavy atom. The van der Waals surface area contributed by atoms with Crippen LogP contribution in [0.1, 0.15) is 11.3 Å². The molecule has 5 N–H and O–H groups in total. The van der Waals surface area contributed by atoms with Gasteiger partial charge >= 0.3 is 0 Å². The average Bonchev–Trinajstić information content (AvgIpc) is 2.60. The summed E-state index contributed by atoms with van der Waals surface area (Å²) in [7, 11) is -3.70. The number of anilines is 3. The maximum Gasteiger partial charge on any atom is 0.261 e. The fourth-order valence-electron chi connectivity index (χ4n) is 2.19. The number of nitrogens with one attached hydrogen (secondary N) is 1. The van der Waals surface area contributed by atoms with E-state index in [-0.39, 0.29) is 29.7 Å². The third kappa shape index (κ3) is 6.06. The van der Waals surface area contributed by atoms with E-state index >= 15 is 0 Å². The van der Waals surface area contributed by atoms with Crippen LogP contribution >= 0.6 is 24.8 Å². The molecule has 9 heteroatoms. The SMILES string of the molecule is Cl.Cl.Nc1cccc(NS(=O)(=O)c2ccc(C#Cc3cccc(N)n3)cc2)c1. The van der Waals surface area contributed by atoms with Gasteiger partial charge in [0.15, 0.2) is 0 Å². The molecule has 0 aliphatic rings. The van der Waals surface area contributed by atoms with Crippen molar-refractivity contribution in [2.75, 3.05) is 16.2 Å². The summed E-state index contributed by atoms with van der Waals surface area (Å²) in [5.41, 5.74) is 13.4. The maximum absolute atomic E-state index is 12.4. The number of hydrogen-bond acceptors (Lipinski definition) is 5. The zero-order valence-electron chi connectivity index (χ0n) is 14.5. The fourth-order valence-corrected chi connectivity index (χ4v) is 3.24. The summed E-state index contributed by atoms with van der Waals surface area (Å²) in [6.07, 6.45) is 0. The summed E-state index contributed by atoms with van der Waals surface area (Å²) in [4.78, 5) is 4.22. The zero-order chi connectivity index (χ0) is 18.6. The van der Waals surface area contributed by atoms with Crippen molar-refractivity contribution in [2.24, 2.45) is 0 Å². The van der Waals surface area contributed by atoms with E-state index in [0.717, 1.165) is 0 Å². The first kappa shape index (κ1) is 23.1. The van der Waals surface area contributed by atoms with Gasteiger partial charge in [-0.15, -0.1) is 24.8 Å². The number of pyridine rings is 1. The van der Waals surface area contributed by atoms with Crippen LogP contribution in [0.15, 0.2) is 71.6 Å².